The van der Waals surface area contributed by atoms with Crippen LogP contribution in [0.5, 0.6) is 0 Å². The van der Waals surface area contributed by atoms with Crippen molar-refractivity contribution in [3.63, 3.8) is 0 Å². The molecule has 0 spiro atoms. The molecule has 0 saturated carbocycles. The van der Waals surface area contributed by atoms with Gasteiger partial charge in [0.15, 0.2) is 0 Å². The molecule has 1 atom stereocenters. The summed E-state index contributed by atoms with van der Waals surface area (Å²) >= 11 is 5.90. The number of hydrogen-bond acceptors (Lipinski definition) is 5. The number of carbonyl (C=O) groups excluding carboxylic acids is 2. The van der Waals surface area contributed by atoms with E-state index in [-0.39, 0.29) is 31.0 Å². The maximum Gasteiger partial charge on any atom is 0.311 e. The van der Waals surface area contributed by atoms with E-state index in [1.807, 2.05) is 24.3 Å². The molecule has 0 radical (unpaired) electrons. The number of pyridine rings is 1. The molecule has 1 aliphatic heterocycles. The SMILES string of the molecule is CCc1ccc(N2CC(C(=O)OCc3cc(=O)n4cc(Cl)ccc4n3)CC2=O)cc1. The Kier molecular flexibility index (Phi) is 5.55. The summed E-state index contributed by atoms with van der Waals surface area (Å²) in [7, 11) is 0. The standard InChI is InChI=1S/C22H20ClN3O4/c1-2-14-3-6-18(7-4-14)25-11-15(9-20(25)27)22(29)30-13-17-10-21(28)26-12-16(23)5-8-19(26)24-17/h3-8,10,12,15H,2,9,11,13H2,1H3. The first kappa shape index (κ1) is 20.1. The first-order chi connectivity index (χ1) is 14.4. The van der Waals surface area contributed by atoms with Gasteiger partial charge in [-0.2, -0.15) is 0 Å². The van der Waals surface area contributed by atoms with Crippen molar-refractivity contribution >= 4 is 34.8 Å². The quantitative estimate of drug-likeness (QED) is 0.587. The Labute approximate surface area is 177 Å². The molecule has 0 N–H and O–H groups in total. The molecule has 1 saturated heterocycles. The Bertz CT molecular complexity index is 1170. The van der Waals surface area contributed by atoms with Gasteiger partial charge >= 0.3 is 5.97 Å². The van der Waals surface area contributed by atoms with E-state index in [1.165, 1.54) is 22.2 Å². The van der Waals surface area contributed by atoms with Crippen molar-refractivity contribution in [2.45, 2.75) is 26.4 Å². The minimum Gasteiger partial charge on any atom is -0.459 e. The number of rotatable bonds is 5. The molecule has 8 heteroatoms. The fourth-order valence-electron chi connectivity index (χ4n) is 3.49. The minimum absolute atomic E-state index is 0.0979. The van der Waals surface area contributed by atoms with Crippen LogP contribution in [0.3, 0.4) is 0 Å². The zero-order chi connectivity index (χ0) is 21.3. The number of esters is 1. The van der Waals surface area contributed by atoms with Gasteiger partial charge in [0.25, 0.3) is 5.56 Å². The van der Waals surface area contributed by atoms with Crippen LogP contribution >= 0.6 is 11.6 Å². The average Bonchev–Trinajstić information content (AvgIpc) is 3.14. The Morgan fingerprint density at radius 2 is 1.97 bits per heavy atom. The normalized spacial score (nSPS) is 16.3. The van der Waals surface area contributed by atoms with Gasteiger partial charge in [0.2, 0.25) is 5.91 Å². The van der Waals surface area contributed by atoms with Gasteiger partial charge in [-0.3, -0.25) is 18.8 Å². The highest BCUT2D eigenvalue weighted by molar-refractivity contribution is 6.30. The third kappa shape index (κ3) is 4.07. The predicted octanol–water partition coefficient (Wildman–Crippen LogP) is 3.01. The van der Waals surface area contributed by atoms with Crippen molar-refractivity contribution in [1.82, 2.24) is 9.38 Å². The van der Waals surface area contributed by atoms with Crippen LogP contribution < -0.4 is 10.5 Å². The van der Waals surface area contributed by atoms with Crippen LogP contribution in [0.2, 0.25) is 5.02 Å². The lowest BCUT2D eigenvalue weighted by Gasteiger charge is -2.17. The fourth-order valence-corrected chi connectivity index (χ4v) is 3.65. The fraction of sp³-hybridized carbons (Fsp3) is 0.273. The number of hydrogen-bond donors (Lipinski definition) is 0. The van der Waals surface area contributed by atoms with Gasteiger partial charge in [0.1, 0.15) is 12.3 Å². The number of amides is 1. The molecule has 154 valence electrons. The molecule has 0 aliphatic carbocycles. The van der Waals surface area contributed by atoms with Crippen molar-refractivity contribution in [2.24, 2.45) is 5.92 Å². The van der Waals surface area contributed by atoms with Crippen LogP contribution in [-0.4, -0.2) is 27.8 Å². The average molecular weight is 426 g/mol. The van der Waals surface area contributed by atoms with Gasteiger partial charge < -0.3 is 9.64 Å². The van der Waals surface area contributed by atoms with E-state index in [4.69, 9.17) is 16.3 Å². The van der Waals surface area contributed by atoms with Gasteiger partial charge in [-0.05, 0) is 36.2 Å². The topological polar surface area (TPSA) is 81.0 Å². The monoisotopic (exact) mass is 425 g/mol. The lowest BCUT2D eigenvalue weighted by atomic mass is 10.1. The van der Waals surface area contributed by atoms with Crippen LogP contribution in [-0.2, 0) is 27.4 Å². The lowest BCUT2D eigenvalue weighted by Crippen LogP contribution is -2.26. The molecule has 3 heterocycles. The summed E-state index contributed by atoms with van der Waals surface area (Å²) in [6.07, 6.45) is 2.50. The summed E-state index contributed by atoms with van der Waals surface area (Å²) in [5.74, 6) is -1.14. The van der Waals surface area contributed by atoms with Crippen LogP contribution in [0.25, 0.3) is 5.65 Å². The van der Waals surface area contributed by atoms with Gasteiger partial charge in [-0.1, -0.05) is 30.7 Å². The van der Waals surface area contributed by atoms with Crippen molar-refractivity contribution in [2.75, 3.05) is 11.4 Å². The number of fused-ring (bicyclic) bond motifs is 1. The largest absolute Gasteiger partial charge is 0.459 e. The molecule has 1 fully saturated rings. The first-order valence-corrected chi connectivity index (χ1v) is 10.1. The molecule has 0 bridgehead atoms. The zero-order valence-electron chi connectivity index (χ0n) is 16.4. The van der Waals surface area contributed by atoms with Gasteiger partial charge in [-0.15, -0.1) is 0 Å². The van der Waals surface area contributed by atoms with Gasteiger partial charge in [0, 0.05) is 30.9 Å². The van der Waals surface area contributed by atoms with E-state index in [0.29, 0.717) is 16.4 Å². The van der Waals surface area contributed by atoms with E-state index < -0.39 is 11.9 Å². The predicted molar refractivity (Wildman–Crippen MR) is 113 cm³/mol. The highest BCUT2D eigenvalue weighted by Crippen LogP contribution is 2.26. The molecular formula is C22H20ClN3O4. The number of nitrogens with zero attached hydrogens (tertiary/aromatic N) is 3. The third-order valence-electron chi connectivity index (χ3n) is 5.15. The van der Waals surface area contributed by atoms with Gasteiger partial charge in [-0.25, -0.2) is 4.98 Å². The second kappa shape index (κ2) is 8.28. The van der Waals surface area contributed by atoms with Crippen LogP contribution in [0.15, 0.2) is 53.5 Å². The van der Waals surface area contributed by atoms with Crippen molar-refractivity contribution in [3.8, 4) is 0 Å². The van der Waals surface area contributed by atoms with Crippen molar-refractivity contribution < 1.29 is 14.3 Å². The number of halogens is 1. The van der Waals surface area contributed by atoms with Crippen LogP contribution in [0.1, 0.15) is 24.6 Å². The van der Waals surface area contributed by atoms with Crippen LogP contribution in [0.4, 0.5) is 5.69 Å². The van der Waals surface area contributed by atoms with E-state index in [0.717, 1.165) is 12.1 Å². The summed E-state index contributed by atoms with van der Waals surface area (Å²) in [4.78, 5) is 43.0. The number of aromatic nitrogens is 2. The maximum absolute atomic E-state index is 12.5. The lowest BCUT2D eigenvalue weighted by molar-refractivity contribution is -0.149. The van der Waals surface area contributed by atoms with E-state index >= 15 is 0 Å². The second-order valence-electron chi connectivity index (χ2n) is 7.19. The summed E-state index contributed by atoms with van der Waals surface area (Å²) in [6.45, 7) is 2.20. The smallest absolute Gasteiger partial charge is 0.311 e. The Balaban J connectivity index is 1.42. The van der Waals surface area contributed by atoms with E-state index in [1.54, 1.807) is 17.0 Å². The Morgan fingerprint density at radius 3 is 2.70 bits per heavy atom. The number of carbonyl (C=O) groups is 2. The molecule has 1 amide bonds. The number of benzene rings is 1. The third-order valence-corrected chi connectivity index (χ3v) is 5.38. The highest BCUT2D eigenvalue weighted by Gasteiger charge is 2.36. The summed E-state index contributed by atoms with van der Waals surface area (Å²) < 4.78 is 6.68. The van der Waals surface area contributed by atoms with Crippen molar-refractivity contribution in [3.05, 3.63) is 75.3 Å². The Morgan fingerprint density at radius 1 is 1.20 bits per heavy atom. The molecule has 7 nitrogen and oxygen atoms in total. The molecule has 4 rings (SSSR count). The number of aryl methyl sites for hydroxylation is 1. The highest BCUT2D eigenvalue weighted by atomic mass is 35.5. The molecule has 2 aromatic heterocycles. The molecule has 3 aromatic rings. The summed E-state index contributed by atoms with van der Waals surface area (Å²) in [5.41, 5.74) is 2.40. The molecule has 1 aliphatic rings. The minimum atomic E-state index is -0.552. The summed E-state index contributed by atoms with van der Waals surface area (Å²) in [6, 6.07) is 12.3. The van der Waals surface area contributed by atoms with E-state index in [9.17, 15) is 14.4 Å². The molecule has 1 aromatic carbocycles. The molecule has 30 heavy (non-hydrogen) atoms. The van der Waals surface area contributed by atoms with E-state index in [2.05, 4.69) is 11.9 Å². The summed E-state index contributed by atoms with van der Waals surface area (Å²) in [5, 5.41) is 0.422. The first-order valence-electron chi connectivity index (χ1n) is 9.68. The zero-order valence-corrected chi connectivity index (χ0v) is 17.1. The van der Waals surface area contributed by atoms with Crippen LogP contribution in [0, 0.1) is 5.92 Å². The molecular weight excluding hydrogens is 406 g/mol. The number of anilines is 1. The van der Waals surface area contributed by atoms with Gasteiger partial charge in [0.05, 0.1) is 16.6 Å². The van der Waals surface area contributed by atoms with Crippen molar-refractivity contribution in [1.29, 1.82) is 0 Å². The number of ether oxygens (including phenoxy) is 1. The second-order valence-corrected chi connectivity index (χ2v) is 7.63. The Hall–Kier alpha value is -3.19. The molecule has 1 unspecified atom stereocenters. The maximum atomic E-state index is 12.5.